The van der Waals surface area contributed by atoms with E-state index in [0.29, 0.717) is 6.61 Å². The van der Waals surface area contributed by atoms with E-state index in [0.717, 1.165) is 24.3 Å². The maximum Gasteiger partial charge on any atom is 0.332 e. The molecule has 0 aliphatic heterocycles. The van der Waals surface area contributed by atoms with Crippen LogP contribution in [-0.2, 0) is 9.53 Å². The molecule has 0 amide bonds. The molecule has 0 aromatic carbocycles. The minimum Gasteiger partial charge on any atom is -0.464 e. The molecule has 0 radical (unpaired) electrons. The molecule has 0 N–H and O–H groups in total. The van der Waals surface area contributed by atoms with E-state index in [2.05, 4.69) is 20.8 Å². The van der Waals surface area contributed by atoms with Crippen molar-refractivity contribution in [1.29, 1.82) is 0 Å². The summed E-state index contributed by atoms with van der Waals surface area (Å²) in [5, 5.41) is 0. The Balaban J connectivity index is 4.15. The molecule has 0 bridgehead atoms. The number of carbonyl (C=O) groups is 1. The van der Waals surface area contributed by atoms with Crippen LogP contribution in [-0.4, -0.2) is 28.2 Å². The number of ether oxygens (including phenoxy) is 1. The Morgan fingerprint density at radius 1 is 1.20 bits per heavy atom. The van der Waals surface area contributed by atoms with Gasteiger partial charge in [0.2, 0.25) is 0 Å². The third-order valence-corrected chi connectivity index (χ3v) is 4.66. The average molecular weight is 250 g/mol. The Labute approximate surface area is 102 Å². The molecule has 15 heavy (non-hydrogen) atoms. The SMILES string of the molecule is CCCCOC(=O)C(C)(SCC)SCC. The number of carbonyl (C=O) groups excluding carboxylic acids is 1. The fraction of sp³-hybridized carbons (Fsp3) is 0.909. The number of rotatable bonds is 8. The van der Waals surface area contributed by atoms with Crippen LogP contribution in [0.15, 0.2) is 0 Å². The Bertz CT molecular complexity index is 177. The third kappa shape index (κ3) is 5.71. The predicted molar refractivity (Wildman–Crippen MR) is 70.5 cm³/mol. The van der Waals surface area contributed by atoms with Crippen LogP contribution in [0.4, 0.5) is 0 Å². The quantitative estimate of drug-likeness (QED) is 0.374. The van der Waals surface area contributed by atoms with Crippen LogP contribution in [0.3, 0.4) is 0 Å². The summed E-state index contributed by atoms with van der Waals surface area (Å²) in [6.45, 7) is 8.74. The second-order valence-electron chi connectivity index (χ2n) is 3.30. The zero-order chi connectivity index (χ0) is 11.7. The van der Waals surface area contributed by atoms with Crippen molar-refractivity contribution < 1.29 is 9.53 Å². The molecule has 0 fully saturated rings. The van der Waals surface area contributed by atoms with Crippen LogP contribution in [0.2, 0.25) is 0 Å². The number of unbranched alkanes of at least 4 members (excludes halogenated alkanes) is 1. The molecular weight excluding hydrogens is 228 g/mol. The monoisotopic (exact) mass is 250 g/mol. The highest BCUT2D eigenvalue weighted by Gasteiger charge is 2.34. The normalized spacial score (nSPS) is 11.5. The lowest BCUT2D eigenvalue weighted by molar-refractivity contribution is -0.143. The third-order valence-electron chi connectivity index (χ3n) is 1.94. The lowest BCUT2D eigenvalue weighted by Crippen LogP contribution is -2.31. The first-order chi connectivity index (χ1) is 7.10. The van der Waals surface area contributed by atoms with Gasteiger partial charge in [-0.05, 0) is 24.9 Å². The summed E-state index contributed by atoms with van der Waals surface area (Å²) in [4.78, 5) is 11.9. The molecule has 0 saturated heterocycles. The van der Waals surface area contributed by atoms with Crippen molar-refractivity contribution in [1.82, 2.24) is 0 Å². The molecule has 2 nitrogen and oxygen atoms in total. The molecule has 0 heterocycles. The number of thioether (sulfide) groups is 2. The van der Waals surface area contributed by atoms with Gasteiger partial charge in [-0.2, -0.15) is 0 Å². The van der Waals surface area contributed by atoms with Gasteiger partial charge in [0, 0.05) is 0 Å². The Hall–Kier alpha value is 0.170. The van der Waals surface area contributed by atoms with Crippen molar-refractivity contribution in [2.24, 2.45) is 0 Å². The van der Waals surface area contributed by atoms with E-state index in [1.165, 1.54) is 0 Å². The molecule has 0 atom stereocenters. The minimum atomic E-state index is -0.419. The summed E-state index contributed by atoms with van der Waals surface area (Å²) in [6.07, 6.45) is 2.02. The van der Waals surface area contributed by atoms with Gasteiger partial charge < -0.3 is 4.74 Å². The second-order valence-corrected chi connectivity index (χ2v) is 6.92. The molecule has 0 aromatic rings. The molecule has 0 spiro atoms. The van der Waals surface area contributed by atoms with Crippen LogP contribution in [0, 0.1) is 0 Å². The summed E-state index contributed by atoms with van der Waals surface area (Å²) in [6, 6.07) is 0. The Morgan fingerprint density at radius 3 is 2.13 bits per heavy atom. The number of hydrogen-bond donors (Lipinski definition) is 0. The summed E-state index contributed by atoms with van der Waals surface area (Å²) in [7, 11) is 0. The van der Waals surface area contributed by atoms with Gasteiger partial charge >= 0.3 is 5.97 Å². The van der Waals surface area contributed by atoms with Crippen molar-refractivity contribution in [3.63, 3.8) is 0 Å². The number of esters is 1. The summed E-state index contributed by atoms with van der Waals surface area (Å²) in [5.41, 5.74) is 0. The van der Waals surface area contributed by atoms with E-state index in [4.69, 9.17) is 4.74 Å². The number of hydrogen-bond acceptors (Lipinski definition) is 4. The van der Waals surface area contributed by atoms with Crippen molar-refractivity contribution in [2.75, 3.05) is 18.1 Å². The summed E-state index contributed by atoms with van der Waals surface area (Å²) < 4.78 is 4.85. The lowest BCUT2D eigenvalue weighted by Gasteiger charge is -2.25. The molecule has 90 valence electrons. The van der Waals surface area contributed by atoms with Gasteiger partial charge in [-0.15, -0.1) is 23.5 Å². The summed E-state index contributed by atoms with van der Waals surface area (Å²) >= 11 is 3.32. The van der Waals surface area contributed by atoms with Gasteiger partial charge in [0.1, 0.15) is 0 Å². The predicted octanol–water partition coefficient (Wildman–Crippen LogP) is 3.55. The first kappa shape index (κ1) is 15.2. The van der Waals surface area contributed by atoms with Gasteiger partial charge in [-0.25, -0.2) is 4.79 Å². The topological polar surface area (TPSA) is 26.3 Å². The van der Waals surface area contributed by atoms with Crippen molar-refractivity contribution in [3.05, 3.63) is 0 Å². The fourth-order valence-corrected chi connectivity index (χ4v) is 3.65. The van der Waals surface area contributed by atoms with E-state index in [1.807, 2.05) is 6.92 Å². The van der Waals surface area contributed by atoms with Crippen LogP contribution in [0.25, 0.3) is 0 Å². The standard InChI is InChI=1S/C11H22O2S2/c1-5-8-9-13-10(12)11(4,14-6-2)15-7-3/h5-9H2,1-4H3. The minimum absolute atomic E-state index is 0.0744. The van der Waals surface area contributed by atoms with Crippen molar-refractivity contribution in [2.45, 2.75) is 44.6 Å². The van der Waals surface area contributed by atoms with E-state index in [-0.39, 0.29) is 5.97 Å². The van der Waals surface area contributed by atoms with Gasteiger partial charge in [-0.1, -0.05) is 27.2 Å². The highest BCUT2D eigenvalue weighted by molar-refractivity contribution is 8.19. The molecule has 0 saturated carbocycles. The zero-order valence-electron chi connectivity index (χ0n) is 10.2. The molecular formula is C11H22O2S2. The molecule has 0 rings (SSSR count). The molecule has 0 aromatic heterocycles. The second kappa shape index (κ2) is 8.34. The van der Waals surface area contributed by atoms with E-state index in [1.54, 1.807) is 23.5 Å². The highest BCUT2D eigenvalue weighted by atomic mass is 32.2. The smallest absolute Gasteiger partial charge is 0.332 e. The maximum absolute atomic E-state index is 11.9. The van der Waals surface area contributed by atoms with Crippen LogP contribution in [0.1, 0.15) is 40.5 Å². The van der Waals surface area contributed by atoms with Crippen molar-refractivity contribution in [3.8, 4) is 0 Å². The molecule has 0 aliphatic carbocycles. The van der Waals surface area contributed by atoms with Crippen LogP contribution >= 0.6 is 23.5 Å². The van der Waals surface area contributed by atoms with E-state index >= 15 is 0 Å². The van der Waals surface area contributed by atoms with E-state index < -0.39 is 4.08 Å². The van der Waals surface area contributed by atoms with Crippen molar-refractivity contribution >= 4 is 29.5 Å². The van der Waals surface area contributed by atoms with Crippen LogP contribution < -0.4 is 0 Å². The average Bonchev–Trinajstić information content (AvgIpc) is 2.18. The maximum atomic E-state index is 11.9. The van der Waals surface area contributed by atoms with Gasteiger partial charge in [0.15, 0.2) is 4.08 Å². The highest BCUT2D eigenvalue weighted by Crippen LogP contribution is 2.37. The molecule has 4 heteroatoms. The molecule has 0 unspecified atom stereocenters. The Morgan fingerprint density at radius 2 is 1.73 bits per heavy atom. The zero-order valence-corrected chi connectivity index (χ0v) is 11.8. The first-order valence-corrected chi connectivity index (χ1v) is 7.53. The first-order valence-electron chi connectivity index (χ1n) is 5.55. The van der Waals surface area contributed by atoms with E-state index in [9.17, 15) is 4.79 Å². The van der Waals surface area contributed by atoms with Crippen LogP contribution in [0.5, 0.6) is 0 Å². The van der Waals surface area contributed by atoms with Gasteiger partial charge in [0.05, 0.1) is 6.61 Å². The summed E-state index contributed by atoms with van der Waals surface area (Å²) in [5.74, 6) is 1.80. The van der Waals surface area contributed by atoms with Gasteiger partial charge in [0.25, 0.3) is 0 Å². The lowest BCUT2D eigenvalue weighted by atomic mass is 10.4. The van der Waals surface area contributed by atoms with Gasteiger partial charge in [-0.3, -0.25) is 0 Å². The largest absolute Gasteiger partial charge is 0.464 e. The Kier molecular flexibility index (Phi) is 8.43. The fourth-order valence-electron chi connectivity index (χ4n) is 1.15. The molecule has 0 aliphatic rings.